The number of rotatable bonds is 5. The Kier molecular flexibility index (Phi) is 7.18. The summed E-state index contributed by atoms with van der Waals surface area (Å²) in [7, 11) is 0. The van der Waals surface area contributed by atoms with Crippen LogP contribution in [0.4, 0.5) is 17.1 Å². The van der Waals surface area contributed by atoms with E-state index >= 15 is 0 Å². The van der Waals surface area contributed by atoms with Crippen molar-refractivity contribution in [3.63, 3.8) is 0 Å². The van der Waals surface area contributed by atoms with Gasteiger partial charge in [-0.05, 0) is 93.2 Å². The highest BCUT2D eigenvalue weighted by atomic mass is 32.1. The Morgan fingerprint density at radius 2 is 1.12 bits per heavy atom. The van der Waals surface area contributed by atoms with E-state index in [1.807, 2.05) is 11.3 Å². The molecule has 0 saturated carbocycles. The second-order valence-corrected chi connectivity index (χ2v) is 17.2. The lowest BCUT2D eigenvalue weighted by atomic mass is 9.82. The minimum absolute atomic E-state index is 0.102. The molecule has 0 fully saturated rings. The molecule has 0 atom stereocenters. The van der Waals surface area contributed by atoms with Crippen molar-refractivity contribution >= 4 is 81.1 Å². The van der Waals surface area contributed by atoms with Crippen molar-refractivity contribution in [3.05, 3.63) is 205 Å². The Hall–Kier alpha value is -6.94. The van der Waals surface area contributed by atoms with Crippen molar-refractivity contribution in [2.45, 2.75) is 19.3 Å². The number of thiophene rings is 1. The molecule has 58 heavy (non-hydrogen) atoms. The predicted octanol–water partition coefficient (Wildman–Crippen LogP) is 15.7. The molecule has 3 heteroatoms. The van der Waals surface area contributed by atoms with Gasteiger partial charge < -0.3 is 9.47 Å². The van der Waals surface area contributed by atoms with Gasteiger partial charge in [0.1, 0.15) is 0 Å². The summed E-state index contributed by atoms with van der Waals surface area (Å²) in [6.45, 7) is 4.73. The van der Waals surface area contributed by atoms with Gasteiger partial charge in [0.05, 0.1) is 16.7 Å². The summed E-state index contributed by atoms with van der Waals surface area (Å²) in [4.78, 5) is 2.48. The third kappa shape index (κ3) is 4.84. The van der Waals surface area contributed by atoms with Crippen LogP contribution < -0.4 is 4.90 Å². The smallest absolute Gasteiger partial charge is 0.0543 e. The van der Waals surface area contributed by atoms with Crippen LogP contribution in [0.5, 0.6) is 0 Å². The number of benzene rings is 9. The summed E-state index contributed by atoms with van der Waals surface area (Å²) >= 11 is 1.90. The lowest BCUT2D eigenvalue weighted by molar-refractivity contribution is 0.660. The lowest BCUT2D eigenvalue weighted by Gasteiger charge is -2.29. The van der Waals surface area contributed by atoms with Gasteiger partial charge in [0.15, 0.2) is 0 Å². The summed E-state index contributed by atoms with van der Waals surface area (Å²) in [6, 6.07) is 71.8. The van der Waals surface area contributed by atoms with Crippen molar-refractivity contribution in [2.24, 2.45) is 0 Å². The third-order valence-corrected chi connectivity index (χ3v) is 13.8. The average molecular weight is 759 g/mol. The average Bonchev–Trinajstić information content (AvgIpc) is 3.90. The fraction of sp³-hybridized carbons (Fsp3) is 0.0545. The molecule has 274 valence electrons. The molecule has 11 aromatic rings. The van der Waals surface area contributed by atoms with Crippen molar-refractivity contribution in [1.29, 1.82) is 0 Å². The zero-order valence-corrected chi connectivity index (χ0v) is 33.1. The molecule has 0 N–H and O–H groups in total. The molecular weight excluding hydrogens is 721 g/mol. The second-order valence-electron chi connectivity index (χ2n) is 16.1. The molecule has 0 spiro atoms. The van der Waals surface area contributed by atoms with E-state index in [9.17, 15) is 0 Å². The quantitative estimate of drug-likeness (QED) is 0.170. The molecule has 9 aromatic carbocycles. The highest BCUT2D eigenvalue weighted by molar-refractivity contribution is 7.26. The van der Waals surface area contributed by atoms with Crippen LogP contribution in [0.2, 0.25) is 0 Å². The Morgan fingerprint density at radius 1 is 0.466 bits per heavy atom. The Labute approximate surface area is 341 Å². The van der Waals surface area contributed by atoms with Crippen molar-refractivity contribution < 1.29 is 0 Å². The number of fused-ring (bicyclic) bond motifs is 11. The van der Waals surface area contributed by atoms with Crippen LogP contribution in [0.3, 0.4) is 0 Å². The molecule has 0 unspecified atom stereocenters. The summed E-state index contributed by atoms with van der Waals surface area (Å²) in [5.74, 6) is 0. The minimum Gasteiger partial charge on any atom is -0.310 e. The first-order valence-corrected chi connectivity index (χ1v) is 20.9. The lowest BCUT2D eigenvalue weighted by Crippen LogP contribution is -2.16. The van der Waals surface area contributed by atoms with Crippen LogP contribution in [0.25, 0.3) is 80.7 Å². The van der Waals surface area contributed by atoms with Gasteiger partial charge in [0.2, 0.25) is 0 Å². The topological polar surface area (TPSA) is 8.17 Å². The molecular formula is C55H38N2S. The van der Waals surface area contributed by atoms with E-state index in [-0.39, 0.29) is 5.41 Å². The van der Waals surface area contributed by atoms with E-state index < -0.39 is 0 Å². The van der Waals surface area contributed by atoms with Crippen LogP contribution in [-0.2, 0) is 5.41 Å². The first-order chi connectivity index (χ1) is 28.5. The van der Waals surface area contributed by atoms with E-state index in [1.165, 1.54) is 91.8 Å². The van der Waals surface area contributed by atoms with E-state index in [2.05, 4.69) is 217 Å². The molecule has 2 aromatic heterocycles. The SMILES string of the molecule is CC1(C)c2ccccc2-c2c(N(c3ccc(-c4cccc(-n5c6ccccc6c6ccccc65)c4)cc3)c3ccc4c(c3)sc3c5ccccc5ccc43)cccc21. The predicted molar refractivity (Wildman–Crippen MR) is 249 cm³/mol. The summed E-state index contributed by atoms with van der Waals surface area (Å²) in [5.41, 5.74) is 14.7. The molecule has 0 radical (unpaired) electrons. The molecule has 1 aliphatic carbocycles. The number of aromatic nitrogens is 1. The molecule has 2 heterocycles. The van der Waals surface area contributed by atoms with Crippen molar-refractivity contribution in [1.82, 2.24) is 4.57 Å². The zero-order chi connectivity index (χ0) is 38.5. The molecule has 2 nitrogen and oxygen atoms in total. The Bertz CT molecular complexity index is 3380. The van der Waals surface area contributed by atoms with Gasteiger partial charge in [-0.15, -0.1) is 11.3 Å². The van der Waals surface area contributed by atoms with Gasteiger partial charge in [-0.2, -0.15) is 0 Å². The van der Waals surface area contributed by atoms with Gasteiger partial charge in [0.25, 0.3) is 0 Å². The van der Waals surface area contributed by atoms with Gasteiger partial charge >= 0.3 is 0 Å². The standard InChI is InChI=1S/C55H38N2S/c1-55(2)47-20-8-5-19-46(47)53-48(55)21-12-24-51(53)56(40-30-32-44-45-31-27-36-13-3-4-16-41(36)54(45)58-52(44)34-40)38-28-25-35(26-29-38)37-14-11-15-39(33-37)57-49-22-9-6-17-42(49)43-18-7-10-23-50(43)57/h3-34H,1-2H3. The number of hydrogen-bond donors (Lipinski definition) is 0. The molecule has 1 aliphatic rings. The highest BCUT2D eigenvalue weighted by Crippen LogP contribution is 2.54. The second kappa shape index (κ2) is 12.5. The van der Waals surface area contributed by atoms with Crippen LogP contribution >= 0.6 is 11.3 Å². The molecule has 0 aliphatic heterocycles. The number of para-hydroxylation sites is 2. The number of anilines is 3. The molecule has 12 rings (SSSR count). The maximum absolute atomic E-state index is 2.48. The number of hydrogen-bond acceptors (Lipinski definition) is 2. The summed E-state index contributed by atoms with van der Waals surface area (Å²) in [6.07, 6.45) is 0. The maximum atomic E-state index is 2.48. The molecule has 0 amide bonds. The Morgan fingerprint density at radius 3 is 1.93 bits per heavy atom. The van der Waals surface area contributed by atoms with Gasteiger partial charge in [-0.25, -0.2) is 0 Å². The molecule has 0 saturated heterocycles. The van der Waals surface area contributed by atoms with Crippen LogP contribution in [0.15, 0.2) is 194 Å². The van der Waals surface area contributed by atoms with E-state index in [0.717, 1.165) is 17.1 Å². The normalized spacial score (nSPS) is 13.1. The Balaban J connectivity index is 1.02. The largest absolute Gasteiger partial charge is 0.310 e. The van der Waals surface area contributed by atoms with Gasteiger partial charge in [-0.1, -0.05) is 153 Å². The zero-order valence-electron chi connectivity index (χ0n) is 32.3. The van der Waals surface area contributed by atoms with E-state index in [0.29, 0.717) is 0 Å². The highest BCUT2D eigenvalue weighted by Gasteiger charge is 2.37. The fourth-order valence-corrected chi connectivity index (χ4v) is 11.1. The first kappa shape index (κ1) is 33.2. The third-order valence-electron chi connectivity index (χ3n) is 12.6. The van der Waals surface area contributed by atoms with Crippen LogP contribution in [-0.4, -0.2) is 4.57 Å². The van der Waals surface area contributed by atoms with E-state index in [4.69, 9.17) is 0 Å². The summed E-state index contributed by atoms with van der Waals surface area (Å²) in [5, 5.41) is 7.77. The van der Waals surface area contributed by atoms with Crippen molar-refractivity contribution in [2.75, 3.05) is 4.90 Å². The minimum atomic E-state index is -0.102. The van der Waals surface area contributed by atoms with Crippen molar-refractivity contribution in [3.8, 4) is 27.9 Å². The fourth-order valence-electron chi connectivity index (χ4n) is 9.81. The molecule has 0 bridgehead atoms. The monoisotopic (exact) mass is 758 g/mol. The van der Waals surface area contributed by atoms with Gasteiger partial charge in [0, 0.05) is 59.0 Å². The van der Waals surface area contributed by atoms with E-state index in [1.54, 1.807) is 0 Å². The first-order valence-electron chi connectivity index (χ1n) is 20.1. The van der Waals surface area contributed by atoms with Crippen LogP contribution in [0.1, 0.15) is 25.0 Å². The number of nitrogens with zero attached hydrogens (tertiary/aromatic N) is 2. The van der Waals surface area contributed by atoms with Gasteiger partial charge in [-0.3, -0.25) is 0 Å². The maximum Gasteiger partial charge on any atom is 0.0543 e. The summed E-state index contributed by atoms with van der Waals surface area (Å²) < 4.78 is 5.04. The van der Waals surface area contributed by atoms with Crippen LogP contribution in [0, 0.1) is 0 Å².